The van der Waals surface area contributed by atoms with E-state index in [4.69, 9.17) is 30.5 Å². The molecule has 196 valence electrons. The van der Waals surface area contributed by atoms with Gasteiger partial charge in [-0.2, -0.15) is 0 Å². The number of nitrogens with zero attached hydrogens (tertiary/aromatic N) is 1. The Morgan fingerprint density at radius 1 is 1.08 bits per heavy atom. The molecule has 0 saturated heterocycles. The number of hydrogen-bond acceptors (Lipinski definition) is 8. The highest BCUT2D eigenvalue weighted by molar-refractivity contribution is 6.32. The molecule has 1 aromatic heterocycles. The molecule has 2 aromatic rings. The summed E-state index contributed by atoms with van der Waals surface area (Å²) in [6.45, 7) is 12.2. The molecule has 0 fully saturated rings. The Kier molecular flexibility index (Phi) is 9.69. The molecule has 0 bridgehead atoms. The fourth-order valence-corrected chi connectivity index (χ4v) is 3.76. The summed E-state index contributed by atoms with van der Waals surface area (Å²) in [7, 11) is 1.36. The van der Waals surface area contributed by atoms with E-state index >= 15 is 0 Å². The molecule has 1 N–H and O–H groups in total. The van der Waals surface area contributed by atoms with Crippen LogP contribution in [0.25, 0.3) is 0 Å². The quantitative estimate of drug-likeness (QED) is 0.480. The predicted molar refractivity (Wildman–Crippen MR) is 135 cm³/mol. The molecule has 1 heterocycles. The number of benzene rings is 1. The van der Waals surface area contributed by atoms with Gasteiger partial charge in [0.1, 0.15) is 24.0 Å². The van der Waals surface area contributed by atoms with E-state index in [1.54, 1.807) is 19.1 Å². The highest BCUT2D eigenvalue weighted by Crippen LogP contribution is 2.33. The molecule has 36 heavy (non-hydrogen) atoms. The van der Waals surface area contributed by atoms with Crippen molar-refractivity contribution in [3.63, 3.8) is 0 Å². The van der Waals surface area contributed by atoms with Crippen LogP contribution in [0.5, 0.6) is 17.2 Å². The highest BCUT2D eigenvalue weighted by atomic mass is 35.5. The van der Waals surface area contributed by atoms with Crippen LogP contribution in [0.15, 0.2) is 30.5 Å². The van der Waals surface area contributed by atoms with Crippen molar-refractivity contribution in [1.29, 1.82) is 0 Å². The third-order valence-corrected chi connectivity index (χ3v) is 5.47. The Hall–Kier alpha value is -3.33. The van der Waals surface area contributed by atoms with Crippen molar-refractivity contribution in [2.24, 2.45) is 5.41 Å². The number of carbonyl (C=O) groups excluding carboxylic acids is 3. The number of carbonyl (C=O) groups is 3. The minimum atomic E-state index is -1.04. The number of hydrogen-bond donors (Lipinski definition) is 1. The molecule has 3 atom stereocenters. The molecule has 10 heteroatoms. The summed E-state index contributed by atoms with van der Waals surface area (Å²) in [4.78, 5) is 41.2. The summed E-state index contributed by atoms with van der Waals surface area (Å²) in [5.41, 5.74) is 0.373. The lowest BCUT2D eigenvalue weighted by molar-refractivity contribution is -0.158. The first-order chi connectivity index (χ1) is 16.7. The van der Waals surface area contributed by atoms with Gasteiger partial charge in [-0.25, -0.2) is 9.78 Å². The second-order valence-electron chi connectivity index (χ2n) is 9.46. The van der Waals surface area contributed by atoms with Gasteiger partial charge in [0.15, 0.2) is 11.4 Å². The van der Waals surface area contributed by atoms with E-state index in [2.05, 4.69) is 10.3 Å². The van der Waals surface area contributed by atoms with Crippen molar-refractivity contribution in [3.8, 4) is 17.2 Å². The first-order valence-corrected chi connectivity index (χ1v) is 11.8. The lowest BCUT2D eigenvalue weighted by atomic mass is 9.86. The summed E-state index contributed by atoms with van der Waals surface area (Å²) < 4.78 is 22.1. The maximum atomic E-state index is 12.9. The topological polar surface area (TPSA) is 113 Å². The van der Waals surface area contributed by atoms with Crippen molar-refractivity contribution in [2.75, 3.05) is 7.11 Å². The molecule has 0 aliphatic heterocycles. The van der Waals surface area contributed by atoms with Gasteiger partial charge in [-0.3, -0.25) is 9.59 Å². The van der Waals surface area contributed by atoms with Crippen LogP contribution in [0.1, 0.15) is 57.6 Å². The van der Waals surface area contributed by atoms with Crippen LogP contribution in [0.2, 0.25) is 5.02 Å². The summed E-state index contributed by atoms with van der Waals surface area (Å²) >= 11 is 6.34. The van der Waals surface area contributed by atoms with Crippen LogP contribution >= 0.6 is 11.6 Å². The largest absolute Gasteiger partial charge is 0.493 e. The van der Waals surface area contributed by atoms with Crippen molar-refractivity contribution in [1.82, 2.24) is 10.3 Å². The average molecular weight is 521 g/mol. The van der Waals surface area contributed by atoms with E-state index in [9.17, 15) is 14.4 Å². The van der Waals surface area contributed by atoms with Crippen LogP contribution in [0.3, 0.4) is 0 Å². The van der Waals surface area contributed by atoms with Crippen molar-refractivity contribution in [2.45, 2.75) is 66.7 Å². The number of esters is 2. The van der Waals surface area contributed by atoms with Gasteiger partial charge in [0.05, 0.1) is 12.1 Å². The van der Waals surface area contributed by atoms with Gasteiger partial charge in [-0.05, 0) is 38.5 Å². The summed E-state index contributed by atoms with van der Waals surface area (Å²) in [5, 5.41) is 2.98. The minimum Gasteiger partial charge on any atom is -0.493 e. The van der Waals surface area contributed by atoms with E-state index < -0.39 is 41.5 Å². The van der Waals surface area contributed by atoms with Gasteiger partial charge in [-0.1, -0.05) is 38.4 Å². The number of methoxy groups -OCH3 is 1. The van der Waals surface area contributed by atoms with Crippen LogP contribution in [-0.4, -0.2) is 48.2 Å². The first-order valence-electron chi connectivity index (χ1n) is 11.4. The van der Waals surface area contributed by atoms with E-state index in [1.165, 1.54) is 33.2 Å². The Labute approximate surface area is 216 Å². The fourth-order valence-electron chi connectivity index (χ4n) is 3.48. The van der Waals surface area contributed by atoms with Gasteiger partial charge in [-0.15, -0.1) is 0 Å². The molecule has 2 rings (SSSR count). The van der Waals surface area contributed by atoms with Gasteiger partial charge >= 0.3 is 11.9 Å². The smallest absolute Gasteiger partial charge is 0.328 e. The number of aryl methyl sites for hydroxylation is 1. The number of rotatable bonds is 9. The van der Waals surface area contributed by atoms with Crippen LogP contribution < -0.4 is 19.5 Å². The summed E-state index contributed by atoms with van der Waals surface area (Å²) in [5.74, 6) is -1.59. The number of ether oxygens (including phenoxy) is 4. The third-order valence-electron chi connectivity index (χ3n) is 5.17. The predicted octanol–water partition coefficient (Wildman–Crippen LogP) is 4.52. The average Bonchev–Trinajstić information content (AvgIpc) is 2.77. The Morgan fingerprint density at radius 2 is 1.75 bits per heavy atom. The zero-order valence-corrected chi connectivity index (χ0v) is 22.6. The Bertz CT molecular complexity index is 1110. The summed E-state index contributed by atoms with van der Waals surface area (Å²) in [6, 6.07) is 5.85. The maximum Gasteiger partial charge on any atom is 0.328 e. The molecular formula is C26H33ClN2O7. The zero-order chi connectivity index (χ0) is 27.2. The van der Waals surface area contributed by atoms with Crippen LogP contribution in [-0.2, 0) is 14.3 Å². The van der Waals surface area contributed by atoms with E-state index in [0.29, 0.717) is 10.8 Å². The van der Waals surface area contributed by atoms with Gasteiger partial charge in [0, 0.05) is 24.6 Å². The first kappa shape index (κ1) is 28.9. The van der Waals surface area contributed by atoms with E-state index in [0.717, 1.165) is 5.56 Å². The number of aromatic nitrogens is 1. The second-order valence-corrected chi connectivity index (χ2v) is 9.87. The number of amides is 1. The number of halogens is 1. The molecule has 0 spiro atoms. The highest BCUT2D eigenvalue weighted by Gasteiger charge is 2.36. The molecule has 0 aliphatic rings. The monoisotopic (exact) mass is 520 g/mol. The van der Waals surface area contributed by atoms with Crippen molar-refractivity contribution >= 4 is 29.4 Å². The fraction of sp³-hybridized carbons (Fsp3) is 0.462. The normalized spacial score (nSPS) is 13.7. The maximum absolute atomic E-state index is 12.9. The number of pyridine rings is 1. The molecule has 0 aliphatic carbocycles. The molecule has 1 amide bonds. The molecule has 9 nitrogen and oxygen atoms in total. The van der Waals surface area contributed by atoms with E-state index in [-0.39, 0.29) is 17.2 Å². The Balaban J connectivity index is 2.15. The van der Waals surface area contributed by atoms with E-state index in [1.807, 2.05) is 33.8 Å². The molecule has 1 aromatic carbocycles. The minimum absolute atomic E-state index is 0.143. The molecule has 0 radical (unpaired) electrons. The molecular weight excluding hydrogens is 488 g/mol. The lowest BCUT2D eigenvalue weighted by Gasteiger charge is -2.35. The Morgan fingerprint density at radius 3 is 2.31 bits per heavy atom. The second kappa shape index (κ2) is 12.1. The van der Waals surface area contributed by atoms with Gasteiger partial charge < -0.3 is 24.3 Å². The van der Waals surface area contributed by atoms with Crippen LogP contribution in [0, 0.1) is 12.3 Å². The zero-order valence-electron chi connectivity index (χ0n) is 21.8. The van der Waals surface area contributed by atoms with Crippen molar-refractivity contribution < 1.29 is 33.3 Å². The van der Waals surface area contributed by atoms with Crippen molar-refractivity contribution in [3.05, 3.63) is 46.7 Å². The molecule has 0 saturated carbocycles. The van der Waals surface area contributed by atoms with Crippen LogP contribution in [0.4, 0.5) is 0 Å². The third kappa shape index (κ3) is 7.58. The number of nitrogens with one attached hydrogen (secondary N) is 1. The summed E-state index contributed by atoms with van der Waals surface area (Å²) in [6.07, 6.45) is 0.105. The molecule has 0 unspecified atom stereocenters. The SMILES string of the molecule is COc1ccnc(C(=O)N[C@@H](C)C(=O)O[C@@H](C)[C@H](Oc2ccc(C)cc2Cl)C(C)(C)C)c1OC(C)=O. The van der Waals surface area contributed by atoms with Gasteiger partial charge in [0.2, 0.25) is 5.75 Å². The standard InChI is InChI=1S/C26H33ClN2O7/c1-14-9-10-19(18(27)13-14)36-23(26(5,6)7)16(3)34-25(32)15(2)29-24(31)21-22(35-17(4)30)20(33-8)11-12-28-21/h9-13,15-16,23H,1-8H3,(H,29,31)/t15-,16-,23-/m0/s1. The lowest BCUT2D eigenvalue weighted by Crippen LogP contribution is -2.47. The van der Waals surface area contributed by atoms with Gasteiger partial charge in [0.25, 0.3) is 5.91 Å².